The molecule has 0 saturated heterocycles. The molecule has 0 spiro atoms. The molecule has 2 rings (SSSR count). The Kier molecular flexibility index (Phi) is 4.53. The van der Waals surface area contributed by atoms with Crippen LogP contribution in [0.4, 0.5) is 0 Å². The molecule has 0 aliphatic carbocycles. The molecule has 1 aromatic carbocycles. The lowest BCUT2D eigenvalue weighted by Crippen LogP contribution is -2.20. The van der Waals surface area contributed by atoms with Crippen molar-refractivity contribution in [2.24, 2.45) is 0 Å². The highest BCUT2D eigenvalue weighted by Crippen LogP contribution is 2.13. The van der Waals surface area contributed by atoms with Crippen molar-refractivity contribution in [1.29, 1.82) is 0 Å². The maximum atomic E-state index is 4.45. The molecule has 0 saturated carbocycles. The first-order chi connectivity index (χ1) is 8.79. The third-order valence-electron chi connectivity index (χ3n) is 3.15. The molecule has 1 heterocycles. The van der Waals surface area contributed by atoms with Crippen LogP contribution in [0.5, 0.6) is 0 Å². The van der Waals surface area contributed by atoms with Gasteiger partial charge in [0, 0.05) is 25.8 Å². The average molecular weight is 243 g/mol. The molecule has 1 N–H and O–H groups in total. The summed E-state index contributed by atoms with van der Waals surface area (Å²) < 4.78 is 1.96. The number of nitrogens with one attached hydrogen (secondary N) is 1. The zero-order valence-electron chi connectivity index (χ0n) is 11.1. The Labute approximate surface area is 109 Å². The lowest BCUT2D eigenvalue weighted by atomic mass is 10.0. The topological polar surface area (TPSA) is 29.9 Å². The van der Waals surface area contributed by atoms with Crippen LogP contribution in [-0.4, -0.2) is 16.3 Å². The Morgan fingerprint density at radius 2 is 2.00 bits per heavy atom. The van der Waals surface area contributed by atoms with E-state index in [2.05, 4.69) is 60.7 Å². The van der Waals surface area contributed by atoms with Crippen molar-refractivity contribution in [1.82, 2.24) is 15.1 Å². The minimum Gasteiger partial charge on any atom is -0.311 e. The van der Waals surface area contributed by atoms with Crippen molar-refractivity contribution in [2.75, 3.05) is 6.54 Å². The lowest BCUT2D eigenvalue weighted by molar-refractivity contribution is 0.589. The van der Waals surface area contributed by atoms with E-state index < -0.39 is 0 Å². The van der Waals surface area contributed by atoms with Crippen LogP contribution < -0.4 is 5.32 Å². The molecule has 96 valence electrons. The normalized spacial score (nSPS) is 12.6. The number of hydrogen-bond donors (Lipinski definition) is 1. The highest BCUT2D eigenvalue weighted by atomic mass is 15.3. The van der Waals surface area contributed by atoms with Crippen molar-refractivity contribution in [2.45, 2.75) is 32.9 Å². The standard InChI is InChI=1S/C15H21N3/c1-3-18-10-9-15(17-18)12-16-11-13(2)14-7-5-4-6-8-14/h4-10,13,16H,3,11-12H2,1-2H3. The van der Waals surface area contributed by atoms with Gasteiger partial charge in [-0.3, -0.25) is 4.68 Å². The van der Waals surface area contributed by atoms with E-state index in [4.69, 9.17) is 0 Å². The summed E-state index contributed by atoms with van der Waals surface area (Å²) in [6, 6.07) is 12.7. The van der Waals surface area contributed by atoms with Crippen LogP contribution in [0.3, 0.4) is 0 Å². The van der Waals surface area contributed by atoms with E-state index in [9.17, 15) is 0 Å². The smallest absolute Gasteiger partial charge is 0.0762 e. The second kappa shape index (κ2) is 6.36. The molecule has 1 unspecified atom stereocenters. The minimum absolute atomic E-state index is 0.527. The van der Waals surface area contributed by atoms with Crippen LogP contribution >= 0.6 is 0 Å². The third-order valence-corrected chi connectivity index (χ3v) is 3.15. The molecule has 0 fully saturated rings. The summed E-state index contributed by atoms with van der Waals surface area (Å²) in [6.07, 6.45) is 2.03. The van der Waals surface area contributed by atoms with Gasteiger partial charge in [-0.15, -0.1) is 0 Å². The fourth-order valence-corrected chi connectivity index (χ4v) is 1.99. The molecule has 0 amide bonds. The lowest BCUT2D eigenvalue weighted by Gasteiger charge is -2.12. The average Bonchev–Trinajstić information content (AvgIpc) is 2.87. The van der Waals surface area contributed by atoms with Crippen molar-refractivity contribution in [3.63, 3.8) is 0 Å². The van der Waals surface area contributed by atoms with Crippen molar-refractivity contribution in [3.05, 3.63) is 53.9 Å². The molecule has 0 aliphatic heterocycles. The van der Waals surface area contributed by atoms with E-state index in [1.165, 1.54) is 5.56 Å². The zero-order valence-corrected chi connectivity index (χ0v) is 11.1. The van der Waals surface area contributed by atoms with Gasteiger partial charge in [-0.05, 0) is 24.5 Å². The molecule has 0 aliphatic rings. The first kappa shape index (κ1) is 12.8. The molecule has 0 radical (unpaired) electrons. The molecular weight excluding hydrogens is 222 g/mol. The number of benzene rings is 1. The Balaban J connectivity index is 1.78. The molecule has 3 heteroatoms. The monoisotopic (exact) mass is 243 g/mol. The summed E-state index contributed by atoms with van der Waals surface area (Å²) in [7, 11) is 0. The van der Waals surface area contributed by atoms with E-state index >= 15 is 0 Å². The number of hydrogen-bond acceptors (Lipinski definition) is 2. The van der Waals surface area contributed by atoms with E-state index in [1.807, 2.05) is 10.9 Å². The first-order valence-electron chi connectivity index (χ1n) is 6.57. The summed E-state index contributed by atoms with van der Waals surface area (Å²) in [6.45, 7) is 7.09. The fraction of sp³-hybridized carbons (Fsp3) is 0.400. The largest absolute Gasteiger partial charge is 0.311 e. The molecule has 0 bridgehead atoms. The van der Waals surface area contributed by atoms with Crippen LogP contribution in [-0.2, 0) is 13.1 Å². The molecule has 3 nitrogen and oxygen atoms in total. The quantitative estimate of drug-likeness (QED) is 0.845. The van der Waals surface area contributed by atoms with E-state index in [1.54, 1.807) is 0 Å². The third kappa shape index (κ3) is 3.44. The second-order valence-corrected chi connectivity index (χ2v) is 4.61. The number of nitrogens with zero attached hydrogens (tertiary/aromatic N) is 2. The van der Waals surface area contributed by atoms with Crippen LogP contribution in [0.15, 0.2) is 42.6 Å². The maximum Gasteiger partial charge on any atom is 0.0762 e. The highest BCUT2D eigenvalue weighted by Gasteiger charge is 2.04. The van der Waals surface area contributed by atoms with Gasteiger partial charge in [0.1, 0.15) is 0 Å². The van der Waals surface area contributed by atoms with Gasteiger partial charge in [-0.25, -0.2) is 0 Å². The maximum absolute atomic E-state index is 4.45. The van der Waals surface area contributed by atoms with Gasteiger partial charge >= 0.3 is 0 Å². The SMILES string of the molecule is CCn1ccc(CNCC(C)c2ccccc2)n1. The van der Waals surface area contributed by atoms with Crippen molar-refractivity contribution < 1.29 is 0 Å². The van der Waals surface area contributed by atoms with E-state index in [-0.39, 0.29) is 0 Å². The number of rotatable bonds is 6. The molecular formula is C15H21N3. The minimum atomic E-state index is 0.527. The summed E-state index contributed by atoms with van der Waals surface area (Å²) >= 11 is 0. The first-order valence-corrected chi connectivity index (χ1v) is 6.57. The van der Waals surface area contributed by atoms with Gasteiger partial charge in [0.2, 0.25) is 0 Å². The van der Waals surface area contributed by atoms with E-state index in [0.717, 1.165) is 25.3 Å². The highest BCUT2D eigenvalue weighted by molar-refractivity contribution is 5.19. The van der Waals surface area contributed by atoms with Crippen LogP contribution in [0.1, 0.15) is 31.0 Å². The van der Waals surface area contributed by atoms with Gasteiger partial charge < -0.3 is 5.32 Å². The summed E-state index contributed by atoms with van der Waals surface area (Å²) in [5.74, 6) is 0.527. The summed E-state index contributed by atoms with van der Waals surface area (Å²) in [5.41, 5.74) is 2.49. The Morgan fingerprint density at radius 1 is 1.22 bits per heavy atom. The van der Waals surface area contributed by atoms with Gasteiger partial charge in [0.05, 0.1) is 5.69 Å². The van der Waals surface area contributed by atoms with Gasteiger partial charge in [0.25, 0.3) is 0 Å². The summed E-state index contributed by atoms with van der Waals surface area (Å²) in [5, 5.41) is 7.91. The Morgan fingerprint density at radius 3 is 2.67 bits per heavy atom. The number of aryl methyl sites for hydroxylation is 1. The van der Waals surface area contributed by atoms with Gasteiger partial charge in [-0.2, -0.15) is 5.10 Å². The van der Waals surface area contributed by atoms with Gasteiger partial charge in [-0.1, -0.05) is 37.3 Å². The fourth-order valence-electron chi connectivity index (χ4n) is 1.99. The predicted octanol–water partition coefficient (Wildman–Crippen LogP) is 2.80. The van der Waals surface area contributed by atoms with Crippen LogP contribution in [0.2, 0.25) is 0 Å². The number of aromatic nitrogens is 2. The Bertz CT molecular complexity index is 462. The van der Waals surface area contributed by atoms with Gasteiger partial charge in [0.15, 0.2) is 0 Å². The molecule has 1 atom stereocenters. The summed E-state index contributed by atoms with van der Waals surface area (Å²) in [4.78, 5) is 0. The molecule has 18 heavy (non-hydrogen) atoms. The van der Waals surface area contributed by atoms with Crippen molar-refractivity contribution in [3.8, 4) is 0 Å². The predicted molar refractivity (Wildman–Crippen MR) is 74.5 cm³/mol. The zero-order chi connectivity index (χ0) is 12.8. The van der Waals surface area contributed by atoms with Crippen LogP contribution in [0.25, 0.3) is 0 Å². The second-order valence-electron chi connectivity index (χ2n) is 4.61. The van der Waals surface area contributed by atoms with E-state index in [0.29, 0.717) is 5.92 Å². The molecule has 1 aromatic heterocycles. The Hall–Kier alpha value is -1.61. The van der Waals surface area contributed by atoms with Crippen LogP contribution in [0, 0.1) is 0 Å². The molecule has 2 aromatic rings. The van der Waals surface area contributed by atoms with Crippen molar-refractivity contribution >= 4 is 0 Å².